The van der Waals surface area contributed by atoms with Crippen molar-refractivity contribution in [3.63, 3.8) is 0 Å². The van der Waals surface area contributed by atoms with E-state index in [0.29, 0.717) is 23.6 Å². The Morgan fingerprint density at radius 3 is 2.54 bits per heavy atom. The van der Waals surface area contributed by atoms with Gasteiger partial charge in [-0.05, 0) is 61.0 Å². The predicted molar refractivity (Wildman–Crippen MR) is 136 cm³/mol. The molecule has 0 saturated carbocycles. The molecule has 0 unspecified atom stereocenters. The third-order valence-corrected chi connectivity index (χ3v) is 5.11. The molecular weight excluding hydrogens is 466 g/mol. The molecule has 3 aromatic rings. The zero-order valence-electron chi connectivity index (χ0n) is 19.1. The second-order valence-electron chi connectivity index (χ2n) is 7.65. The molecule has 2 aromatic carbocycles. The van der Waals surface area contributed by atoms with Crippen LogP contribution >= 0.6 is 12.2 Å². The van der Waals surface area contributed by atoms with E-state index in [-0.39, 0.29) is 30.4 Å². The van der Waals surface area contributed by atoms with Crippen LogP contribution in [0.4, 0.5) is 5.69 Å². The van der Waals surface area contributed by atoms with E-state index < -0.39 is 11.9 Å². The summed E-state index contributed by atoms with van der Waals surface area (Å²) in [6, 6.07) is 20.1. The molecule has 9 heteroatoms. The average molecular weight is 494 g/mol. The fourth-order valence-corrected chi connectivity index (χ4v) is 3.40. The number of nitrogens with one attached hydrogen (secondary N) is 3. The topological polar surface area (TPSA) is 110 Å². The van der Waals surface area contributed by atoms with Gasteiger partial charge in [-0.1, -0.05) is 36.4 Å². The van der Waals surface area contributed by atoms with Crippen molar-refractivity contribution < 1.29 is 23.5 Å². The lowest BCUT2D eigenvalue weighted by Gasteiger charge is -2.11. The van der Waals surface area contributed by atoms with E-state index in [1.807, 2.05) is 30.3 Å². The Kier molecular flexibility index (Phi) is 10.0. The second kappa shape index (κ2) is 13.7. The number of furan rings is 1. The number of rotatable bonds is 11. The monoisotopic (exact) mass is 493 g/mol. The van der Waals surface area contributed by atoms with Crippen molar-refractivity contribution in [2.45, 2.75) is 32.2 Å². The Morgan fingerprint density at radius 1 is 0.943 bits per heavy atom. The molecule has 1 heterocycles. The number of hydrogen-bond donors (Lipinski definition) is 3. The van der Waals surface area contributed by atoms with Gasteiger partial charge in [0.15, 0.2) is 5.11 Å². The molecule has 0 radical (unpaired) electrons. The number of carbonyl (C=O) groups is 3. The summed E-state index contributed by atoms with van der Waals surface area (Å²) in [7, 11) is 0. The highest BCUT2D eigenvalue weighted by Crippen LogP contribution is 2.11. The molecular formula is C26H27N3O5S. The summed E-state index contributed by atoms with van der Waals surface area (Å²) >= 11 is 5.17. The highest BCUT2D eigenvalue weighted by atomic mass is 32.1. The van der Waals surface area contributed by atoms with Crippen LogP contribution in [0, 0.1) is 0 Å². The van der Waals surface area contributed by atoms with E-state index >= 15 is 0 Å². The molecule has 0 fully saturated rings. The maximum absolute atomic E-state index is 12.3. The zero-order chi connectivity index (χ0) is 24.9. The lowest BCUT2D eigenvalue weighted by Crippen LogP contribution is -2.34. The van der Waals surface area contributed by atoms with Gasteiger partial charge in [-0.15, -0.1) is 0 Å². The van der Waals surface area contributed by atoms with Crippen LogP contribution in [0.25, 0.3) is 0 Å². The molecule has 3 rings (SSSR count). The fraction of sp³-hybridized carbons (Fsp3) is 0.231. The normalized spacial score (nSPS) is 10.3. The molecule has 0 atom stereocenters. The number of ether oxygens (including phenoxy) is 1. The number of benzene rings is 2. The maximum atomic E-state index is 12.3. The Balaban J connectivity index is 1.33. The first kappa shape index (κ1) is 25.6. The summed E-state index contributed by atoms with van der Waals surface area (Å²) in [5.41, 5.74) is 2.15. The predicted octanol–water partition coefficient (Wildman–Crippen LogP) is 3.98. The first-order chi connectivity index (χ1) is 17.0. The van der Waals surface area contributed by atoms with Gasteiger partial charge in [-0.25, -0.2) is 0 Å². The first-order valence-corrected chi connectivity index (χ1v) is 11.6. The van der Waals surface area contributed by atoms with Crippen molar-refractivity contribution >= 4 is 40.8 Å². The molecule has 0 aliphatic carbocycles. The number of carbonyl (C=O) groups excluding carboxylic acids is 3. The van der Waals surface area contributed by atoms with Crippen molar-refractivity contribution in [2.24, 2.45) is 0 Å². The molecule has 3 N–H and O–H groups in total. The Labute approximate surface area is 209 Å². The van der Waals surface area contributed by atoms with Gasteiger partial charge >= 0.3 is 5.97 Å². The smallest absolute Gasteiger partial charge is 0.306 e. The van der Waals surface area contributed by atoms with Gasteiger partial charge in [0.2, 0.25) is 5.91 Å². The number of aryl methyl sites for hydroxylation is 1. The zero-order valence-corrected chi connectivity index (χ0v) is 19.9. The summed E-state index contributed by atoms with van der Waals surface area (Å²) in [6.07, 6.45) is 2.99. The third-order valence-electron chi connectivity index (χ3n) is 4.91. The van der Waals surface area contributed by atoms with Crippen LogP contribution in [0.5, 0.6) is 0 Å². The summed E-state index contributed by atoms with van der Waals surface area (Å²) in [5, 5.41) is 8.22. The van der Waals surface area contributed by atoms with Crippen LogP contribution in [0.2, 0.25) is 0 Å². The molecule has 8 nitrogen and oxygen atoms in total. The number of thiocarbonyl (C=S) groups is 1. The van der Waals surface area contributed by atoms with Crippen LogP contribution < -0.4 is 16.0 Å². The van der Waals surface area contributed by atoms with Crippen molar-refractivity contribution in [3.8, 4) is 0 Å². The van der Waals surface area contributed by atoms with Gasteiger partial charge in [0.25, 0.3) is 5.91 Å². The number of esters is 1. The largest absolute Gasteiger partial charge is 0.467 e. The molecule has 35 heavy (non-hydrogen) atoms. The minimum Gasteiger partial charge on any atom is -0.467 e. The molecule has 0 aliphatic rings. The van der Waals surface area contributed by atoms with Crippen molar-refractivity contribution in [2.75, 3.05) is 11.9 Å². The highest BCUT2D eigenvalue weighted by Gasteiger charge is 2.11. The highest BCUT2D eigenvalue weighted by molar-refractivity contribution is 7.80. The second-order valence-corrected chi connectivity index (χ2v) is 8.06. The summed E-state index contributed by atoms with van der Waals surface area (Å²) in [6.45, 7) is 0.578. The standard InChI is InChI=1S/C26H27N3O5S/c30-23(13-14-24(31)34-16-5-9-19-7-2-1-3-8-19)29-26(35)28-21-11-4-10-20(17-21)25(32)27-18-22-12-6-15-33-22/h1-4,6-8,10-12,15,17H,5,9,13-14,16,18H2,(H,27,32)(H2,28,29,30,35). The summed E-state index contributed by atoms with van der Waals surface area (Å²) in [5.74, 6) is -0.466. The molecule has 1 aromatic heterocycles. The van der Waals surface area contributed by atoms with Crippen LogP contribution in [0.15, 0.2) is 77.4 Å². The number of hydrogen-bond acceptors (Lipinski definition) is 6. The van der Waals surface area contributed by atoms with Crippen LogP contribution in [0.3, 0.4) is 0 Å². The van der Waals surface area contributed by atoms with E-state index in [1.54, 1.807) is 36.4 Å². The summed E-state index contributed by atoms with van der Waals surface area (Å²) < 4.78 is 10.4. The molecule has 0 aliphatic heterocycles. The van der Waals surface area contributed by atoms with Gasteiger partial charge in [-0.2, -0.15) is 0 Å². The van der Waals surface area contributed by atoms with Crippen LogP contribution in [-0.2, 0) is 27.3 Å². The average Bonchev–Trinajstić information content (AvgIpc) is 3.38. The molecule has 2 amide bonds. The molecule has 182 valence electrons. The first-order valence-electron chi connectivity index (χ1n) is 11.2. The minimum atomic E-state index is -0.430. The SMILES string of the molecule is O=C(CCC(=O)OCCCc1ccccc1)NC(=S)Nc1cccc(C(=O)NCc2ccco2)c1. The van der Waals surface area contributed by atoms with Gasteiger partial charge in [-0.3, -0.25) is 14.4 Å². The van der Waals surface area contributed by atoms with Crippen LogP contribution in [0.1, 0.15) is 40.9 Å². The Bertz CT molecular complexity index is 1130. The van der Waals surface area contributed by atoms with Gasteiger partial charge in [0.05, 0.1) is 25.8 Å². The third kappa shape index (κ3) is 9.42. The minimum absolute atomic E-state index is 0.0366. The molecule has 0 bridgehead atoms. The lowest BCUT2D eigenvalue weighted by molar-refractivity contribution is -0.145. The summed E-state index contributed by atoms with van der Waals surface area (Å²) in [4.78, 5) is 36.3. The van der Waals surface area contributed by atoms with E-state index in [2.05, 4.69) is 16.0 Å². The fourth-order valence-electron chi connectivity index (χ4n) is 3.17. The number of amides is 2. The van der Waals surface area contributed by atoms with Gasteiger partial charge in [0, 0.05) is 17.7 Å². The van der Waals surface area contributed by atoms with Gasteiger partial charge < -0.3 is 25.1 Å². The van der Waals surface area contributed by atoms with Crippen LogP contribution in [-0.4, -0.2) is 29.5 Å². The van der Waals surface area contributed by atoms with E-state index in [9.17, 15) is 14.4 Å². The van der Waals surface area contributed by atoms with E-state index in [0.717, 1.165) is 12.8 Å². The van der Waals surface area contributed by atoms with Crippen molar-refractivity contribution in [3.05, 3.63) is 89.9 Å². The van der Waals surface area contributed by atoms with E-state index in [1.165, 1.54) is 11.8 Å². The Morgan fingerprint density at radius 2 is 1.77 bits per heavy atom. The van der Waals surface area contributed by atoms with Crippen molar-refractivity contribution in [1.82, 2.24) is 10.6 Å². The lowest BCUT2D eigenvalue weighted by atomic mass is 10.1. The van der Waals surface area contributed by atoms with E-state index in [4.69, 9.17) is 21.4 Å². The molecule has 0 spiro atoms. The van der Waals surface area contributed by atoms with Crippen molar-refractivity contribution in [1.29, 1.82) is 0 Å². The molecule has 0 saturated heterocycles. The number of anilines is 1. The quantitative estimate of drug-likeness (QED) is 0.211. The Hall–Kier alpha value is -3.98. The maximum Gasteiger partial charge on any atom is 0.306 e. The van der Waals surface area contributed by atoms with Gasteiger partial charge in [0.1, 0.15) is 5.76 Å².